The molecule has 22 heavy (non-hydrogen) atoms. The molecular formula is C17H26ClNO3. The van der Waals surface area contributed by atoms with E-state index in [9.17, 15) is 4.79 Å². The van der Waals surface area contributed by atoms with E-state index in [2.05, 4.69) is 45.1 Å². The molecule has 1 N–H and O–H groups in total. The van der Waals surface area contributed by atoms with Gasteiger partial charge in [-0.2, -0.15) is 0 Å². The van der Waals surface area contributed by atoms with E-state index in [1.807, 2.05) is 6.07 Å². The molecule has 0 saturated carbocycles. The number of halogens is 1. The zero-order valence-electron chi connectivity index (χ0n) is 13.9. The molecule has 0 aliphatic carbocycles. The van der Waals surface area contributed by atoms with Crippen LogP contribution in [0.15, 0.2) is 18.2 Å². The fraction of sp³-hybridized carbons (Fsp3) is 0.588. The first-order valence-electron chi connectivity index (χ1n) is 7.40. The van der Waals surface area contributed by atoms with Crippen LogP contribution in [0.5, 0.6) is 5.75 Å². The third-order valence-corrected chi connectivity index (χ3v) is 3.81. The average Bonchev–Trinajstić information content (AvgIpc) is 2.87. The summed E-state index contributed by atoms with van der Waals surface area (Å²) >= 11 is 0. The third kappa shape index (κ3) is 4.37. The number of hydrogen-bond acceptors (Lipinski definition) is 4. The Morgan fingerprint density at radius 2 is 2.00 bits per heavy atom. The summed E-state index contributed by atoms with van der Waals surface area (Å²) < 4.78 is 10.9. The number of hydrogen-bond donors (Lipinski definition) is 1. The van der Waals surface area contributed by atoms with Gasteiger partial charge in [0.2, 0.25) is 0 Å². The Morgan fingerprint density at radius 3 is 2.59 bits per heavy atom. The first kappa shape index (κ1) is 18.8. The summed E-state index contributed by atoms with van der Waals surface area (Å²) in [6, 6.07) is 6.00. The van der Waals surface area contributed by atoms with Gasteiger partial charge in [-0.3, -0.25) is 4.79 Å². The molecule has 4 nitrogen and oxygen atoms in total. The molecular weight excluding hydrogens is 302 g/mol. The van der Waals surface area contributed by atoms with Crippen molar-refractivity contribution in [2.45, 2.75) is 51.7 Å². The number of rotatable bonds is 3. The number of aryl methyl sites for hydroxylation is 1. The molecule has 0 bridgehead atoms. The number of esters is 1. The zero-order chi connectivity index (χ0) is 15.6. The summed E-state index contributed by atoms with van der Waals surface area (Å²) in [4.78, 5) is 11.5. The molecule has 2 atom stereocenters. The van der Waals surface area contributed by atoms with Gasteiger partial charge in [0.25, 0.3) is 0 Å². The Bertz CT molecular complexity index is 525. The number of benzene rings is 1. The van der Waals surface area contributed by atoms with Gasteiger partial charge in [-0.15, -0.1) is 12.4 Å². The fourth-order valence-electron chi connectivity index (χ4n) is 2.63. The maximum Gasteiger partial charge on any atom is 0.323 e. The molecule has 0 radical (unpaired) electrons. The molecule has 2 rings (SSSR count). The van der Waals surface area contributed by atoms with Gasteiger partial charge in [0.05, 0.1) is 7.11 Å². The van der Waals surface area contributed by atoms with E-state index in [-0.39, 0.29) is 35.9 Å². The standard InChI is InChI=1S/C17H25NO3.ClH/c1-11-6-7-15(13(8-11)17(2,3)4)21-12-9-14(18-10-12)16(19)20-5;/h6-8,12,14,18H,9-10H2,1-5H3;1H. The Morgan fingerprint density at radius 1 is 1.32 bits per heavy atom. The predicted octanol–water partition coefficient (Wildman–Crippen LogP) is 3.00. The predicted molar refractivity (Wildman–Crippen MR) is 90.0 cm³/mol. The minimum Gasteiger partial charge on any atom is -0.489 e. The van der Waals surface area contributed by atoms with Crippen molar-refractivity contribution >= 4 is 18.4 Å². The van der Waals surface area contributed by atoms with Crippen LogP contribution in [0.1, 0.15) is 38.3 Å². The molecule has 1 saturated heterocycles. The lowest BCUT2D eigenvalue weighted by atomic mass is 9.85. The molecule has 1 aromatic carbocycles. The van der Waals surface area contributed by atoms with E-state index >= 15 is 0 Å². The fourth-order valence-corrected chi connectivity index (χ4v) is 2.63. The maximum atomic E-state index is 11.5. The van der Waals surface area contributed by atoms with Crippen LogP contribution in [-0.2, 0) is 14.9 Å². The minimum atomic E-state index is -0.261. The van der Waals surface area contributed by atoms with Gasteiger partial charge < -0.3 is 14.8 Å². The molecule has 1 fully saturated rings. The summed E-state index contributed by atoms with van der Waals surface area (Å²) in [5.41, 5.74) is 2.45. The molecule has 1 heterocycles. The van der Waals surface area contributed by atoms with E-state index in [0.717, 1.165) is 5.75 Å². The van der Waals surface area contributed by atoms with E-state index in [0.29, 0.717) is 13.0 Å². The molecule has 0 spiro atoms. The third-order valence-electron chi connectivity index (χ3n) is 3.81. The van der Waals surface area contributed by atoms with Gasteiger partial charge in [0.15, 0.2) is 0 Å². The quantitative estimate of drug-likeness (QED) is 0.867. The highest BCUT2D eigenvalue weighted by atomic mass is 35.5. The van der Waals surface area contributed by atoms with Crippen molar-refractivity contribution in [2.75, 3.05) is 13.7 Å². The van der Waals surface area contributed by atoms with Crippen LogP contribution in [-0.4, -0.2) is 31.8 Å². The second kappa shape index (κ2) is 7.34. The number of carbonyl (C=O) groups excluding carboxylic acids is 1. The summed E-state index contributed by atoms with van der Waals surface area (Å²) in [7, 11) is 1.41. The number of carbonyl (C=O) groups is 1. The SMILES string of the molecule is COC(=O)C1CC(Oc2ccc(C)cc2C(C)(C)C)CN1.Cl. The first-order chi connectivity index (χ1) is 9.81. The molecule has 0 amide bonds. The van der Waals surface area contributed by atoms with E-state index in [1.54, 1.807) is 0 Å². The minimum absolute atomic E-state index is 0. The van der Waals surface area contributed by atoms with Crippen molar-refractivity contribution in [2.24, 2.45) is 0 Å². The monoisotopic (exact) mass is 327 g/mol. The lowest BCUT2D eigenvalue weighted by Gasteiger charge is -2.25. The van der Waals surface area contributed by atoms with Crippen LogP contribution in [0.3, 0.4) is 0 Å². The van der Waals surface area contributed by atoms with Gasteiger partial charge in [-0.1, -0.05) is 38.5 Å². The van der Waals surface area contributed by atoms with Crippen LogP contribution in [0.25, 0.3) is 0 Å². The van der Waals surface area contributed by atoms with Crippen molar-refractivity contribution < 1.29 is 14.3 Å². The molecule has 124 valence electrons. The highest BCUT2D eigenvalue weighted by molar-refractivity contribution is 5.85. The van der Waals surface area contributed by atoms with E-state index in [1.165, 1.54) is 18.2 Å². The Hall–Kier alpha value is -1.26. The molecule has 1 aromatic rings. The first-order valence-corrected chi connectivity index (χ1v) is 7.40. The van der Waals surface area contributed by atoms with Crippen LogP contribution >= 0.6 is 12.4 Å². The Kier molecular flexibility index (Phi) is 6.27. The van der Waals surface area contributed by atoms with Gasteiger partial charge in [-0.05, 0) is 24.0 Å². The topological polar surface area (TPSA) is 47.6 Å². The summed E-state index contributed by atoms with van der Waals surface area (Å²) in [6.07, 6.45) is 0.641. The largest absolute Gasteiger partial charge is 0.489 e. The van der Waals surface area contributed by atoms with E-state index in [4.69, 9.17) is 9.47 Å². The summed E-state index contributed by atoms with van der Waals surface area (Å²) in [5.74, 6) is 0.687. The lowest BCUT2D eigenvalue weighted by molar-refractivity contribution is -0.142. The average molecular weight is 328 g/mol. The van der Waals surface area contributed by atoms with Crippen LogP contribution in [0.2, 0.25) is 0 Å². The normalized spacial score (nSPS) is 21.1. The zero-order valence-corrected chi connectivity index (χ0v) is 14.8. The lowest BCUT2D eigenvalue weighted by Crippen LogP contribution is -2.31. The highest BCUT2D eigenvalue weighted by Crippen LogP contribution is 2.33. The summed E-state index contributed by atoms with van der Waals surface area (Å²) in [6.45, 7) is 9.29. The van der Waals surface area contributed by atoms with Gasteiger partial charge in [0, 0.05) is 13.0 Å². The van der Waals surface area contributed by atoms with Gasteiger partial charge >= 0.3 is 5.97 Å². The summed E-state index contributed by atoms with van der Waals surface area (Å²) in [5, 5.41) is 3.15. The number of ether oxygens (including phenoxy) is 2. The van der Waals surface area contributed by atoms with Crippen LogP contribution < -0.4 is 10.1 Å². The second-order valence-electron chi connectivity index (χ2n) is 6.71. The van der Waals surface area contributed by atoms with E-state index < -0.39 is 0 Å². The van der Waals surface area contributed by atoms with Crippen molar-refractivity contribution in [3.05, 3.63) is 29.3 Å². The Balaban J connectivity index is 0.00000242. The highest BCUT2D eigenvalue weighted by Gasteiger charge is 2.32. The van der Waals surface area contributed by atoms with Crippen LogP contribution in [0, 0.1) is 6.92 Å². The van der Waals surface area contributed by atoms with Gasteiger partial charge in [0.1, 0.15) is 17.9 Å². The second-order valence-corrected chi connectivity index (χ2v) is 6.71. The molecule has 1 aliphatic heterocycles. The van der Waals surface area contributed by atoms with Crippen molar-refractivity contribution in [1.82, 2.24) is 5.32 Å². The molecule has 2 unspecified atom stereocenters. The van der Waals surface area contributed by atoms with Crippen molar-refractivity contribution in [3.8, 4) is 5.75 Å². The molecule has 1 aliphatic rings. The smallest absolute Gasteiger partial charge is 0.323 e. The Labute approximate surface area is 139 Å². The number of methoxy groups -OCH3 is 1. The van der Waals surface area contributed by atoms with Crippen molar-refractivity contribution in [3.63, 3.8) is 0 Å². The van der Waals surface area contributed by atoms with Crippen LogP contribution in [0.4, 0.5) is 0 Å². The van der Waals surface area contributed by atoms with Gasteiger partial charge in [-0.25, -0.2) is 0 Å². The molecule has 0 aromatic heterocycles. The molecule has 5 heteroatoms. The maximum absolute atomic E-state index is 11.5. The van der Waals surface area contributed by atoms with Crippen molar-refractivity contribution in [1.29, 1.82) is 0 Å². The number of nitrogens with one attached hydrogen (secondary N) is 1.